The van der Waals surface area contributed by atoms with Gasteiger partial charge >= 0.3 is 0 Å². The van der Waals surface area contributed by atoms with Crippen LogP contribution in [0.2, 0.25) is 0 Å². The summed E-state index contributed by atoms with van der Waals surface area (Å²) in [5.41, 5.74) is 2.46. The molecule has 0 saturated heterocycles. The largest absolute Gasteiger partial charge is 0.305 e. The van der Waals surface area contributed by atoms with Gasteiger partial charge in [-0.05, 0) is 29.7 Å². The quantitative estimate of drug-likeness (QED) is 0.820. The fraction of sp³-hybridized carbons (Fsp3) is 0.294. The highest BCUT2D eigenvalue weighted by atomic mass is 19.1. The minimum absolute atomic E-state index is 0.0142. The van der Waals surface area contributed by atoms with E-state index in [0.717, 1.165) is 5.56 Å². The summed E-state index contributed by atoms with van der Waals surface area (Å²) in [6, 6.07) is 11.2. The average molecular weight is 273 g/mol. The van der Waals surface area contributed by atoms with Crippen molar-refractivity contribution in [3.05, 3.63) is 70.3 Å². The van der Waals surface area contributed by atoms with Crippen LogP contribution in [-0.4, -0.2) is 0 Å². The van der Waals surface area contributed by atoms with Crippen LogP contribution in [0.1, 0.15) is 41.1 Å². The van der Waals surface area contributed by atoms with Crippen LogP contribution in [0.25, 0.3) is 0 Å². The second-order valence-corrected chi connectivity index (χ2v) is 5.44. The van der Waals surface area contributed by atoms with Gasteiger partial charge in [-0.1, -0.05) is 37.3 Å². The highest BCUT2D eigenvalue weighted by Crippen LogP contribution is 2.39. The molecule has 0 fully saturated rings. The Morgan fingerprint density at radius 3 is 2.55 bits per heavy atom. The molecule has 0 saturated carbocycles. The smallest absolute Gasteiger partial charge is 0.131 e. The van der Waals surface area contributed by atoms with Crippen molar-refractivity contribution in [2.45, 2.75) is 32.4 Å². The number of nitrogens with one attached hydrogen (secondary N) is 1. The highest BCUT2D eigenvalue weighted by molar-refractivity contribution is 5.41. The SMILES string of the molecule is Cc1cc(F)c2c(c1F)CNC(c1ccccc1)C2C. The van der Waals surface area contributed by atoms with Crippen molar-refractivity contribution in [1.29, 1.82) is 0 Å². The number of benzene rings is 2. The van der Waals surface area contributed by atoms with Crippen molar-refractivity contribution in [1.82, 2.24) is 5.32 Å². The van der Waals surface area contributed by atoms with Crippen molar-refractivity contribution in [3.63, 3.8) is 0 Å². The van der Waals surface area contributed by atoms with E-state index < -0.39 is 0 Å². The summed E-state index contributed by atoms with van der Waals surface area (Å²) in [6.07, 6.45) is 0. The van der Waals surface area contributed by atoms with Crippen LogP contribution in [0, 0.1) is 18.6 Å². The first kappa shape index (κ1) is 13.3. The number of rotatable bonds is 1. The molecule has 104 valence electrons. The lowest BCUT2D eigenvalue weighted by atomic mass is 9.81. The molecule has 0 amide bonds. The third kappa shape index (κ3) is 2.02. The molecule has 1 aliphatic heterocycles. The summed E-state index contributed by atoms with van der Waals surface area (Å²) in [7, 11) is 0. The van der Waals surface area contributed by atoms with E-state index in [9.17, 15) is 8.78 Å². The summed E-state index contributed by atoms with van der Waals surface area (Å²) >= 11 is 0. The molecule has 2 unspecified atom stereocenters. The van der Waals surface area contributed by atoms with Crippen LogP contribution in [0.15, 0.2) is 36.4 Å². The predicted molar refractivity (Wildman–Crippen MR) is 75.5 cm³/mol. The molecule has 0 aromatic heterocycles. The molecule has 3 rings (SSSR count). The summed E-state index contributed by atoms with van der Waals surface area (Å²) in [4.78, 5) is 0. The van der Waals surface area contributed by atoms with Gasteiger partial charge in [0, 0.05) is 24.1 Å². The Balaban J connectivity index is 2.08. The van der Waals surface area contributed by atoms with Gasteiger partial charge in [0.2, 0.25) is 0 Å². The van der Waals surface area contributed by atoms with Gasteiger partial charge in [0.1, 0.15) is 11.6 Å². The molecule has 1 N–H and O–H groups in total. The zero-order valence-corrected chi connectivity index (χ0v) is 11.6. The maximum atomic E-state index is 14.3. The van der Waals surface area contributed by atoms with Crippen LogP contribution >= 0.6 is 0 Å². The second kappa shape index (κ2) is 4.98. The van der Waals surface area contributed by atoms with Gasteiger partial charge in [-0.25, -0.2) is 8.78 Å². The van der Waals surface area contributed by atoms with E-state index in [1.54, 1.807) is 6.92 Å². The van der Waals surface area contributed by atoms with Crippen molar-refractivity contribution in [2.75, 3.05) is 0 Å². The zero-order valence-electron chi connectivity index (χ0n) is 11.6. The van der Waals surface area contributed by atoms with Crippen molar-refractivity contribution in [3.8, 4) is 0 Å². The molecule has 1 aliphatic rings. The highest BCUT2D eigenvalue weighted by Gasteiger charge is 2.31. The van der Waals surface area contributed by atoms with Crippen molar-refractivity contribution < 1.29 is 8.78 Å². The first-order chi connectivity index (χ1) is 9.59. The first-order valence-corrected chi connectivity index (χ1v) is 6.85. The van der Waals surface area contributed by atoms with Crippen LogP contribution < -0.4 is 5.32 Å². The van der Waals surface area contributed by atoms with E-state index >= 15 is 0 Å². The van der Waals surface area contributed by atoms with Gasteiger partial charge in [0.15, 0.2) is 0 Å². The molecule has 0 bridgehead atoms. The van der Waals surface area contributed by atoms with E-state index in [1.165, 1.54) is 6.07 Å². The Bertz CT molecular complexity index is 637. The van der Waals surface area contributed by atoms with E-state index in [-0.39, 0.29) is 23.6 Å². The minimum Gasteiger partial charge on any atom is -0.305 e. The molecule has 3 heteroatoms. The number of fused-ring (bicyclic) bond motifs is 1. The summed E-state index contributed by atoms with van der Waals surface area (Å²) in [5.74, 6) is -0.683. The monoisotopic (exact) mass is 273 g/mol. The molecule has 0 spiro atoms. The van der Waals surface area contributed by atoms with Crippen LogP contribution in [0.4, 0.5) is 8.78 Å². The molecule has 1 nitrogen and oxygen atoms in total. The summed E-state index contributed by atoms with van der Waals surface area (Å²) < 4.78 is 28.4. The lowest BCUT2D eigenvalue weighted by Crippen LogP contribution is -2.33. The van der Waals surface area contributed by atoms with Gasteiger partial charge in [-0.2, -0.15) is 0 Å². The van der Waals surface area contributed by atoms with E-state index in [4.69, 9.17) is 0 Å². The van der Waals surface area contributed by atoms with Gasteiger partial charge in [0.05, 0.1) is 0 Å². The number of aryl methyl sites for hydroxylation is 1. The third-order valence-electron chi connectivity index (χ3n) is 4.15. The van der Waals surface area contributed by atoms with Crippen LogP contribution in [0.5, 0.6) is 0 Å². The van der Waals surface area contributed by atoms with Gasteiger partial charge in [-0.3, -0.25) is 0 Å². The molecule has 0 radical (unpaired) electrons. The fourth-order valence-corrected chi connectivity index (χ4v) is 3.12. The molecule has 2 aromatic rings. The van der Waals surface area contributed by atoms with Gasteiger partial charge in [-0.15, -0.1) is 0 Å². The maximum Gasteiger partial charge on any atom is 0.131 e. The molecule has 2 atom stereocenters. The zero-order chi connectivity index (χ0) is 14.3. The maximum absolute atomic E-state index is 14.3. The van der Waals surface area contributed by atoms with Gasteiger partial charge < -0.3 is 5.32 Å². The Morgan fingerprint density at radius 1 is 1.15 bits per heavy atom. The van der Waals surface area contributed by atoms with E-state index in [0.29, 0.717) is 23.2 Å². The van der Waals surface area contributed by atoms with Crippen LogP contribution in [-0.2, 0) is 6.54 Å². The third-order valence-corrected chi connectivity index (χ3v) is 4.15. The summed E-state index contributed by atoms with van der Waals surface area (Å²) in [5, 5.41) is 3.33. The van der Waals surface area contributed by atoms with E-state index in [1.807, 2.05) is 37.3 Å². The molecule has 1 heterocycles. The molecular weight excluding hydrogens is 256 g/mol. The lowest BCUT2D eigenvalue weighted by molar-refractivity contribution is 0.403. The Hall–Kier alpha value is -1.74. The van der Waals surface area contributed by atoms with E-state index in [2.05, 4.69) is 5.32 Å². The Labute approximate surface area is 117 Å². The molecular formula is C17H17F2N. The fourth-order valence-electron chi connectivity index (χ4n) is 3.12. The molecule has 0 aliphatic carbocycles. The molecule has 2 aromatic carbocycles. The van der Waals surface area contributed by atoms with Crippen LogP contribution in [0.3, 0.4) is 0 Å². The van der Waals surface area contributed by atoms with Crippen molar-refractivity contribution in [2.24, 2.45) is 0 Å². The summed E-state index contributed by atoms with van der Waals surface area (Å²) in [6.45, 7) is 3.91. The number of halogens is 2. The standard InChI is InChI=1S/C17H17F2N/c1-10-8-14(18)15-11(2)17(12-6-4-3-5-7-12)20-9-13(15)16(10)19/h3-8,11,17,20H,9H2,1-2H3. The minimum atomic E-state index is -0.297. The van der Waals surface area contributed by atoms with Crippen molar-refractivity contribution >= 4 is 0 Å². The normalized spacial score (nSPS) is 21.6. The topological polar surface area (TPSA) is 12.0 Å². The Morgan fingerprint density at radius 2 is 1.85 bits per heavy atom. The second-order valence-electron chi connectivity index (χ2n) is 5.44. The number of hydrogen-bond acceptors (Lipinski definition) is 1. The first-order valence-electron chi connectivity index (χ1n) is 6.85. The van der Waals surface area contributed by atoms with Gasteiger partial charge in [0.25, 0.3) is 0 Å². The average Bonchev–Trinajstić information content (AvgIpc) is 2.45. The lowest BCUT2D eigenvalue weighted by Gasteiger charge is -2.33. The molecule has 20 heavy (non-hydrogen) atoms. The number of hydrogen-bond donors (Lipinski definition) is 1. The predicted octanol–water partition coefficient (Wildman–Crippen LogP) is 4.22. The Kier molecular flexibility index (Phi) is 3.30.